The van der Waals surface area contributed by atoms with E-state index < -0.39 is 5.51 Å². The van der Waals surface area contributed by atoms with Crippen molar-refractivity contribution in [2.45, 2.75) is 62.5 Å². The van der Waals surface area contributed by atoms with Gasteiger partial charge >= 0.3 is 5.51 Å². The first kappa shape index (κ1) is 16.7. The maximum atomic E-state index is 12.3. The van der Waals surface area contributed by atoms with Gasteiger partial charge in [0.1, 0.15) is 0 Å². The molecule has 1 nitrogen and oxygen atoms in total. The summed E-state index contributed by atoms with van der Waals surface area (Å²) in [5.41, 5.74) is -2.79. The molecule has 1 atom stereocenters. The Hall–Kier alpha value is -0.680. The second-order valence-electron chi connectivity index (χ2n) is 6.53. The minimum Gasteiger partial charge on any atom is -0.310 e. The van der Waals surface area contributed by atoms with Crippen molar-refractivity contribution < 1.29 is 13.2 Å². The van der Waals surface area contributed by atoms with Crippen molar-refractivity contribution in [2.75, 3.05) is 0 Å². The summed E-state index contributed by atoms with van der Waals surface area (Å²) in [6, 6.07) is 7.14. The number of nitrogens with one attached hydrogen (secondary N) is 1. The lowest BCUT2D eigenvalue weighted by Crippen LogP contribution is -2.36. The first-order chi connectivity index (χ1) is 9.73. The van der Waals surface area contributed by atoms with Crippen molar-refractivity contribution in [3.63, 3.8) is 0 Å². The normalized spacial score (nSPS) is 22.2. The lowest BCUT2D eigenvalue weighted by molar-refractivity contribution is -0.0328. The maximum absolute atomic E-state index is 12.3. The van der Waals surface area contributed by atoms with E-state index in [0.717, 1.165) is 18.5 Å². The van der Waals surface area contributed by atoms with E-state index in [1.165, 1.54) is 19.3 Å². The SMILES string of the molecule is CC1(C)CCCC(NCc2ccc(SC(F)(F)F)cc2)C1. The van der Waals surface area contributed by atoms with Crippen LogP contribution in [0.2, 0.25) is 0 Å². The Morgan fingerprint density at radius 3 is 2.48 bits per heavy atom. The second-order valence-corrected chi connectivity index (χ2v) is 7.67. The van der Waals surface area contributed by atoms with Crippen LogP contribution >= 0.6 is 11.8 Å². The van der Waals surface area contributed by atoms with Crippen molar-refractivity contribution in [1.29, 1.82) is 0 Å². The van der Waals surface area contributed by atoms with Gasteiger partial charge < -0.3 is 5.32 Å². The van der Waals surface area contributed by atoms with E-state index in [1.54, 1.807) is 24.3 Å². The summed E-state index contributed by atoms with van der Waals surface area (Å²) in [5, 5.41) is 3.53. The largest absolute Gasteiger partial charge is 0.446 e. The maximum Gasteiger partial charge on any atom is 0.446 e. The van der Waals surface area contributed by atoms with E-state index in [-0.39, 0.29) is 16.7 Å². The van der Waals surface area contributed by atoms with Crippen LogP contribution in [0.4, 0.5) is 13.2 Å². The van der Waals surface area contributed by atoms with Gasteiger partial charge in [0.15, 0.2) is 0 Å². The average molecular weight is 317 g/mol. The molecule has 21 heavy (non-hydrogen) atoms. The lowest BCUT2D eigenvalue weighted by Gasteiger charge is -2.35. The molecule has 0 spiro atoms. The predicted octanol–water partition coefficient (Wildman–Crippen LogP) is 5.36. The molecule has 1 N–H and O–H groups in total. The standard InChI is InChI=1S/C16H22F3NS/c1-15(2)9-3-4-13(10-15)20-11-12-5-7-14(8-6-12)21-16(17,18)19/h5-8,13,20H,3-4,9-11H2,1-2H3. The van der Waals surface area contributed by atoms with Crippen molar-refractivity contribution in [3.05, 3.63) is 29.8 Å². The van der Waals surface area contributed by atoms with Crippen LogP contribution < -0.4 is 5.32 Å². The Balaban J connectivity index is 1.83. The first-order valence-corrected chi connectivity index (χ1v) is 8.13. The van der Waals surface area contributed by atoms with Crippen LogP contribution in [-0.4, -0.2) is 11.6 Å². The molecule has 0 heterocycles. The Bertz CT molecular complexity index is 454. The number of thioether (sulfide) groups is 1. The molecule has 1 unspecified atom stereocenters. The second kappa shape index (κ2) is 6.61. The van der Waals surface area contributed by atoms with Gasteiger partial charge in [-0.1, -0.05) is 32.4 Å². The van der Waals surface area contributed by atoms with E-state index in [9.17, 15) is 13.2 Å². The van der Waals surface area contributed by atoms with E-state index in [4.69, 9.17) is 0 Å². The molecule has 0 aliphatic heterocycles. The predicted molar refractivity (Wildman–Crippen MR) is 81.2 cm³/mol. The summed E-state index contributed by atoms with van der Waals surface area (Å²) in [5.74, 6) is 0. The molecule has 2 rings (SSSR count). The number of rotatable bonds is 4. The molecule has 0 amide bonds. The molecular weight excluding hydrogens is 295 g/mol. The number of benzene rings is 1. The third-order valence-corrected chi connectivity index (χ3v) is 4.70. The van der Waals surface area contributed by atoms with Crippen molar-refractivity contribution in [2.24, 2.45) is 5.41 Å². The molecule has 1 aromatic carbocycles. The van der Waals surface area contributed by atoms with Gasteiger partial charge in [0, 0.05) is 17.5 Å². The van der Waals surface area contributed by atoms with Gasteiger partial charge in [-0.05, 0) is 54.1 Å². The summed E-state index contributed by atoms with van der Waals surface area (Å²) >= 11 is -0.0651. The third-order valence-electron chi connectivity index (χ3n) is 3.96. The molecule has 118 valence electrons. The van der Waals surface area contributed by atoms with Gasteiger partial charge in [-0.2, -0.15) is 13.2 Å². The van der Waals surface area contributed by atoms with Gasteiger partial charge in [0.25, 0.3) is 0 Å². The summed E-state index contributed by atoms with van der Waals surface area (Å²) in [6.45, 7) is 5.31. The van der Waals surface area contributed by atoms with Crippen LogP contribution in [0.3, 0.4) is 0 Å². The molecule has 0 radical (unpaired) electrons. The Kier molecular flexibility index (Phi) is 5.25. The van der Waals surface area contributed by atoms with Crippen LogP contribution in [0.5, 0.6) is 0 Å². The summed E-state index contributed by atoms with van der Waals surface area (Å²) in [7, 11) is 0. The number of hydrogen-bond donors (Lipinski definition) is 1. The minimum atomic E-state index is -4.21. The fourth-order valence-corrected chi connectivity index (χ4v) is 3.48. The van der Waals surface area contributed by atoms with Gasteiger partial charge in [0.05, 0.1) is 0 Å². The number of alkyl halides is 3. The van der Waals surface area contributed by atoms with Crippen LogP contribution in [0.15, 0.2) is 29.2 Å². The molecule has 5 heteroatoms. The summed E-state index contributed by atoms with van der Waals surface area (Å²) in [4.78, 5) is 0.241. The highest BCUT2D eigenvalue weighted by atomic mass is 32.2. The topological polar surface area (TPSA) is 12.0 Å². The van der Waals surface area contributed by atoms with Crippen molar-refractivity contribution in [3.8, 4) is 0 Å². The van der Waals surface area contributed by atoms with Gasteiger partial charge in [-0.3, -0.25) is 0 Å². The zero-order valence-electron chi connectivity index (χ0n) is 12.5. The highest BCUT2D eigenvalue weighted by Gasteiger charge is 2.29. The zero-order valence-corrected chi connectivity index (χ0v) is 13.3. The van der Waals surface area contributed by atoms with E-state index in [0.29, 0.717) is 11.5 Å². The monoisotopic (exact) mass is 317 g/mol. The fraction of sp³-hybridized carbons (Fsp3) is 0.625. The quantitative estimate of drug-likeness (QED) is 0.751. The minimum absolute atomic E-state index is 0.0651. The molecular formula is C16H22F3NS. The molecule has 0 aromatic heterocycles. The highest BCUT2D eigenvalue weighted by molar-refractivity contribution is 8.00. The Morgan fingerprint density at radius 1 is 1.24 bits per heavy atom. The molecule has 1 aliphatic carbocycles. The van der Waals surface area contributed by atoms with Gasteiger partial charge in [-0.25, -0.2) is 0 Å². The molecule has 1 aromatic rings. The Labute approximate surface area is 128 Å². The summed E-state index contributed by atoms with van der Waals surface area (Å²) < 4.78 is 36.8. The molecule has 1 aliphatic rings. The number of halogens is 3. The van der Waals surface area contributed by atoms with Crippen LogP contribution in [0.25, 0.3) is 0 Å². The molecule has 1 saturated carbocycles. The highest BCUT2D eigenvalue weighted by Crippen LogP contribution is 2.37. The van der Waals surface area contributed by atoms with Crippen LogP contribution in [0, 0.1) is 5.41 Å². The van der Waals surface area contributed by atoms with Crippen LogP contribution in [0.1, 0.15) is 45.1 Å². The van der Waals surface area contributed by atoms with E-state index in [1.807, 2.05) is 0 Å². The average Bonchev–Trinajstić information content (AvgIpc) is 2.35. The van der Waals surface area contributed by atoms with Crippen LogP contribution in [-0.2, 0) is 6.54 Å². The van der Waals surface area contributed by atoms with Gasteiger partial charge in [-0.15, -0.1) is 0 Å². The summed E-state index contributed by atoms with van der Waals surface area (Å²) in [6.07, 6.45) is 4.86. The molecule has 0 saturated heterocycles. The number of hydrogen-bond acceptors (Lipinski definition) is 2. The smallest absolute Gasteiger partial charge is 0.310 e. The first-order valence-electron chi connectivity index (χ1n) is 7.32. The Morgan fingerprint density at radius 2 is 1.90 bits per heavy atom. The van der Waals surface area contributed by atoms with Crippen molar-refractivity contribution >= 4 is 11.8 Å². The van der Waals surface area contributed by atoms with Crippen molar-refractivity contribution in [1.82, 2.24) is 5.32 Å². The lowest BCUT2D eigenvalue weighted by atomic mass is 9.75. The zero-order chi connectivity index (χ0) is 15.5. The fourth-order valence-electron chi connectivity index (χ4n) is 2.94. The van der Waals surface area contributed by atoms with E-state index >= 15 is 0 Å². The molecule has 0 bridgehead atoms. The van der Waals surface area contributed by atoms with Gasteiger partial charge in [0.2, 0.25) is 0 Å². The van der Waals surface area contributed by atoms with E-state index in [2.05, 4.69) is 19.2 Å². The molecule has 1 fully saturated rings. The third kappa shape index (κ3) is 5.91.